The zero-order valence-corrected chi connectivity index (χ0v) is 15.3. The summed E-state index contributed by atoms with van der Waals surface area (Å²) in [6, 6.07) is 9.73. The minimum Gasteiger partial charge on any atom is -0.349 e. The zero-order chi connectivity index (χ0) is 17.8. The van der Waals surface area contributed by atoms with Crippen LogP contribution in [-0.2, 0) is 4.79 Å². The summed E-state index contributed by atoms with van der Waals surface area (Å²) in [5.74, 6) is 0.163. The van der Waals surface area contributed by atoms with E-state index in [2.05, 4.69) is 10.3 Å². The molecule has 0 saturated carbocycles. The number of thiazole rings is 1. The first-order valence-electron chi connectivity index (χ1n) is 8.32. The maximum atomic E-state index is 12.4. The van der Waals surface area contributed by atoms with Crippen molar-refractivity contribution in [1.82, 2.24) is 14.8 Å². The van der Waals surface area contributed by atoms with Gasteiger partial charge in [-0.25, -0.2) is 9.78 Å². The van der Waals surface area contributed by atoms with Crippen LogP contribution < -0.4 is 5.32 Å². The maximum Gasteiger partial charge on any atom is 0.323 e. The van der Waals surface area contributed by atoms with Gasteiger partial charge >= 0.3 is 6.03 Å². The van der Waals surface area contributed by atoms with Gasteiger partial charge in [0.2, 0.25) is 5.91 Å². The predicted molar refractivity (Wildman–Crippen MR) is 99.6 cm³/mol. The summed E-state index contributed by atoms with van der Waals surface area (Å²) in [6.07, 6.45) is 1.41. The molecule has 0 aliphatic carbocycles. The van der Waals surface area contributed by atoms with E-state index in [1.807, 2.05) is 35.7 Å². The molecule has 3 amide bonds. The van der Waals surface area contributed by atoms with Gasteiger partial charge in [0, 0.05) is 44.0 Å². The van der Waals surface area contributed by atoms with Crippen LogP contribution in [0.15, 0.2) is 35.7 Å². The number of urea groups is 1. The van der Waals surface area contributed by atoms with Crippen molar-refractivity contribution in [3.63, 3.8) is 0 Å². The Kier molecular flexibility index (Phi) is 5.33. The maximum absolute atomic E-state index is 12.4. The molecule has 1 aromatic heterocycles. The number of nitrogens with zero attached hydrogens (tertiary/aromatic N) is 3. The highest BCUT2D eigenvalue weighted by Gasteiger charge is 2.28. The molecular weight excluding hydrogens is 336 g/mol. The van der Waals surface area contributed by atoms with E-state index in [0.29, 0.717) is 31.1 Å². The molecule has 1 aliphatic rings. The first-order chi connectivity index (χ1) is 12.0. The van der Waals surface area contributed by atoms with Crippen LogP contribution >= 0.6 is 11.3 Å². The molecule has 1 aromatic carbocycles. The van der Waals surface area contributed by atoms with E-state index in [0.717, 1.165) is 11.3 Å². The molecule has 3 rings (SSSR count). The lowest BCUT2D eigenvalue weighted by atomic mass is 9.96. The third-order valence-electron chi connectivity index (χ3n) is 4.36. The molecule has 2 heterocycles. The Labute approximate surface area is 151 Å². The molecule has 0 unspecified atom stereocenters. The molecule has 0 spiro atoms. The predicted octanol–water partition coefficient (Wildman–Crippen LogP) is 3.14. The summed E-state index contributed by atoms with van der Waals surface area (Å²) in [5, 5.41) is 5.40. The van der Waals surface area contributed by atoms with Crippen molar-refractivity contribution in [2.75, 3.05) is 32.5 Å². The van der Waals surface area contributed by atoms with Gasteiger partial charge in [-0.3, -0.25) is 10.1 Å². The van der Waals surface area contributed by atoms with Crippen molar-refractivity contribution >= 4 is 28.4 Å². The molecule has 7 heteroatoms. The van der Waals surface area contributed by atoms with Gasteiger partial charge in [0.25, 0.3) is 0 Å². The van der Waals surface area contributed by atoms with Crippen LogP contribution in [0.5, 0.6) is 0 Å². The van der Waals surface area contributed by atoms with Gasteiger partial charge in [0.15, 0.2) is 5.13 Å². The van der Waals surface area contributed by atoms with Crippen molar-refractivity contribution in [3.8, 4) is 11.3 Å². The van der Waals surface area contributed by atoms with Crippen molar-refractivity contribution in [3.05, 3.63) is 35.7 Å². The normalized spacial score (nSPS) is 15.0. The van der Waals surface area contributed by atoms with E-state index >= 15 is 0 Å². The van der Waals surface area contributed by atoms with Crippen LogP contribution in [0.4, 0.5) is 9.93 Å². The topological polar surface area (TPSA) is 65.5 Å². The number of hydrogen-bond acceptors (Lipinski definition) is 4. The molecule has 1 fully saturated rings. The average molecular weight is 358 g/mol. The number of amides is 3. The molecular formula is C18H22N4O2S. The molecule has 132 valence electrons. The summed E-state index contributed by atoms with van der Waals surface area (Å²) in [5.41, 5.74) is 1.89. The molecule has 1 saturated heterocycles. The summed E-state index contributed by atoms with van der Waals surface area (Å²) in [4.78, 5) is 32.3. The van der Waals surface area contributed by atoms with Gasteiger partial charge in [-0.2, -0.15) is 0 Å². The smallest absolute Gasteiger partial charge is 0.323 e. The van der Waals surface area contributed by atoms with Gasteiger partial charge in [0.1, 0.15) is 0 Å². The Balaban J connectivity index is 1.55. The van der Waals surface area contributed by atoms with Crippen LogP contribution in [0.25, 0.3) is 11.3 Å². The first-order valence-corrected chi connectivity index (χ1v) is 9.20. The summed E-state index contributed by atoms with van der Waals surface area (Å²) in [6.45, 7) is 1.18. The fourth-order valence-electron chi connectivity index (χ4n) is 2.94. The Bertz CT molecular complexity index is 737. The second-order valence-corrected chi connectivity index (χ2v) is 7.19. The van der Waals surface area contributed by atoms with Crippen LogP contribution in [0, 0.1) is 5.92 Å². The molecule has 0 bridgehead atoms. The number of nitrogens with one attached hydrogen (secondary N) is 1. The summed E-state index contributed by atoms with van der Waals surface area (Å²) in [7, 11) is 3.54. The van der Waals surface area contributed by atoms with E-state index in [9.17, 15) is 9.59 Å². The molecule has 0 atom stereocenters. The lowest BCUT2D eigenvalue weighted by molar-refractivity contribution is -0.134. The van der Waals surface area contributed by atoms with E-state index in [1.165, 1.54) is 11.3 Å². The van der Waals surface area contributed by atoms with Gasteiger partial charge in [0.05, 0.1) is 5.69 Å². The van der Waals surface area contributed by atoms with Gasteiger partial charge in [-0.1, -0.05) is 30.3 Å². The van der Waals surface area contributed by atoms with E-state index < -0.39 is 0 Å². The summed E-state index contributed by atoms with van der Waals surface area (Å²) < 4.78 is 0. The van der Waals surface area contributed by atoms with Crippen molar-refractivity contribution < 1.29 is 9.59 Å². The zero-order valence-electron chi connectivity index (χ0n) is 14.4. The number of anilines is 1. The fraction of sp³-hybridized carbons (Fsp3) is 0.389. The number of hydrogen-bond donors (Lipinski definition) is 1. The lowest BCUT2D eigenvalue weighted by Crippen LogP contribution is -2.44. The highest BCUT2D eigenvalue weighted by atomic mass is 32.1. The molecule has 0 radical (unpaired) electrons. The molecule has 6 nitrogen and oxygen atoms in total. The van der Waals surface area contributed by atoms with Crippen LogP contribution in [0.1, 0.15) is 12.8 Å². The number of likely N-dealkylation sites (tertiary alicyclic amines) is 1. The number of carbonyl (C=O) groups excluding carboxylic acids is 2. The second kappa shape index (κ2) is 7.65. The van der Waals surface area contributed by atoms with Crippen LogP contribution in [0.3, 0.4) is 0 Å². The first kappa shape index (κ1) is 17.4. The van der Waals surface area contributed by atoms with E-state index in [1.54, 1.807) is 23.9 Å². The lowest BCUT2D eigenvalue weighted by Gasteiger charge is -2.32. The van der Waals surface area contributed by atoms with Gasteiger partial charge < -0.3 is 9.80 Å². The van der Waals surface area contributed by atoms with E-state index in [4.69, 9.17) is 0 Å². The Morgan fingerprint density at radius 2 is 1.88 bits per heavy atom. The molecule has 25 heavy (non-hydrogen) atoms. The number of rotatable bonds is 3. The Morgan fingerprint density at radius 1 is 1.20 bits per heavy atom. The van der Waals surface area contributed by atoms with Crippen LogP contribution in [0.2, 0.25) is 0 Å². The second-order valence-electron chi connectivity index (χ2n) is 6.33. The average Bonchev–Trinajstić information content (AvgIpc) is 3.10. The Hall–Kier alpha value is -2.41. The summed E-state index contributed by atoms with van der Waals surface area (Å²) >= 11 is 1.42. The fourth-order valence-corrected chi connectivity index (χ4v) is 3.65. The molecule has 1 N–H and O–H groups in total. The highest BCUT2D eigenvalue weighted by Crippen LogP contribution is 2.25. The number of piperidine rings is 1. The minimum absolute atomic E-state index is 0.0172. The SMILES string of the molecule is CN(C)C(=O)C1CCN(C(=O)Nc2nc(-c3ccccc3)cs2)CC1. The number of benzene rings is 1. The van der Waals surface area contributed by atoms with Gasteiger partial charge in [-0.05, 0) is 12.8 Å². The van der Waals surface area contributed by atoms with Crippen molar-refractivity contribution in [1.29, 1.82) is 0 Å². The van der Waals surface area contributed by atoms with Crippen molar-refractivity contribution in [2.24, 2.45) is 5.92 Å². The largest absolute Gasteiger partial charge is 0.349 e. The number of aromatic nitrogens is 1. The van der Waals surface area contributed by atoms with Gasteiger partial charge in [-0.15, -0.1) is 11.3 Å². The standard InChI is InChI=1S/C18H22N4O2S/c1-21(2)16(23)14-8-10-22(11-9-14)18(24)20-17-19-15(12-25-17)13-6-4-3-5-7-13/h3-7,12,14H,8-11H2,1-2H3,(H,19,20,24). The minimum atomic E-state index is -0.148. The quantitative estimate of drug-likeness (QED) is 0.917. The molecule has 1 aliphatic heterocycles. The van der Waals surface area contributed by atoms with Crippen molar-refractivity contribution in [2.45, 2.75) is 12.8 Å². The Morgan fingerprint density at radius 3 is 2.52 bits per heavy atom. The third kappa shape index (κ3) is 4.17. The van der Waals surface area contributed by atoms with Crippen LogP contribution in [-0.4, -0.2) is 53.9 Å². The number of carbonyl (C=O) groups is 2. The monoisotopic (exact) mass is 358 g/mol. The highest BCUT2D eigenvalue weighted by molar-refractivity contribution is 7.14. The molecule has 2 aromatic rings. The van der Waals surface area contributed by atoms with E-state index in [-0.39, 0.29) is 17.9 Å². The third-order valence-corrected chi connectivity index (χ3v) is 5.12.